The van der Waals surface area contributed by atoms with Gasteiger partial charge in [-0.3, -0.25) is 4.99 Å². The third kappa shape index (κ3) is 6.27. The second kappa shape index (κ2) is 10.5. The maximum absolute atomic E-state index is 12.5. The van der Waals surface area contributed by atoms with Gasteiger partial charge in [-0.2, -0.15) is 4.31 Å². The zero-order valence-corrected chi connectivity index (χ0v) is 18.4. The first-order chi connectivity index (χ1) is 12.6. The fraction of sp³-hybridized carbons (Fsp3) is 0.733. The minimum Gasteiger partial charge on any atom is -0.376 e. The molecule has 1 N–H and O–H groups in total. The van der Waals surface area contributed by atoms with Crippen molar-refractivity contribution in [1.29, 1.82) is 0 Å². The van der Waals surface area contributed by atoms with E-state index < -0.39 is 10.0 Å². The Labute approximate surface area is 176 Å². The Morgan fingerprint density at radius 3 is 2.70 bits per heavy atom. The quantitative estimate of drug-likeness (QED) is 0.325. The van der Waals surface area contributed by atoms with E-state index in [2.05, 4.69) is 15.5 Å². The van der Waals surface area contributed by atoms with Gasteiger partial charge < -0.3 is 24.2 Å². The van der Waals surface area contributed by atoms with Crippen LogP contribution in [0.4, 0.5) is 0 Å². The van der Waals surface area contributed by atoms with Gasteiger partial charge in [-0.15, -0.1) is 24.0 Å². The molecule has 1 unspecified atom stereocenters. The highest BCUT2D eigenvalue weighted by Gasteiger charge is 2.29. The molecule has 0 aromatic carbocycles. The van der Waals surface area contributed by atoms with E-state index in [9.17, 15) is 8.42 Å². The van der Waals surface area contributed by atoms with Crippen LogP contribution in [-0.2, 0) is 25.2 Å². The van der Waals surface area contributed by atoms with Gasteiger partial charge in [0, 0.05) is 45.8 Å². The van der Waals surface area contributed by atoms with Gasteiger partial charge in [-0.25, -0.2) is 8.42 Å². The molecule has 2 saturated heterocycles. The van der Waals surface area contributed by atoms with Crippen LogP contribution in [0.1, 0.15) is 5.69 Å². The Kier molecular flexibility index (Phi) is 8.72. The number of nitrogens with one attached hydrogen (secondary N) is 1. The highest BCUT2D eigenvalue weighted by atomic mass is 127. The lowest BCUT2D eigenvalue weighted by molar-refractivity contribution is -0.0851. The molecule has 0 aliphatic carbocycles. The summed E-state index contributed by atoms with van der Waals surface area (Å²) >= 11 is 0. The molecule has 0 saturated carbocycles. The first-order valence-corrected chi connectivity index (χ1v) is 10.2. The van der Waals surface area contributed by atoms with Gasteiger partial charge in [0.25, 0.3) is 0 Å². The molecule has 1 aromatic heterocycles. The highest BCUT2D eigenvalue weighted by molar-refractivity contribution is 14.0. The minimum atomic E-state index is -3.40. The van der Waals surface area contributed by atoms with Crippen LogP contribution in [0, 0.1) is 0 Å². The second-order valence-corrected chi connectivity index (χ2v) is 8.10. The van der Waals surface area contributed by atoms with Gasteiger partial charge in [0.15, 0.2) is 5.96 Å². The number of rotatable bonds is 5. The van der Waals surface area contributed by atoms with Crippen LogP contribution in [0.3, 0.4) is 0 Å². The van der Waals surface area contributed by atoms with Gasteiger partial charge in [-0.1, -0.05) is 5.16 Å². The van der Waals surface area contributed by atoms with Crippen LogP contribution < -0.4 is 5.32 Å². The average Bonchev–Trinajstić information content (AvgIpc) is 3.16. The molecule has 2 fully saturated rings. The SMILES string of the molecule is CN=C(NCC1COCCO1)N1CCN(S(=O)(=O)Cc2ccon2)CC1.I. The summed E-state index contributed by atoms with van der Waals surface area (Å²) in [6, 6.07) is 1.57. The zero-order chi connectivity index (χ0) is 18.4. The fourth-order valence-electron chi connectivity index (χ4n) is 2.96. The molecule has 0 spiro atoms. The summed E-state index contributed by atoms with van der Waals surface area (Å²) in [5.41, 5.74) is 0.416. The topological polar surface area (TPSA) is 110 Å². The van der Waals surface area contributed by atoms with E-state index in [-0.39, 0.29) is 35.8 Å². The van der Waals surface area contributed by atoms with Gasteiger partial charge >= 0.3 is 0 Å². The number of ether oxygens (including phenoxy) is 2. The Hall–Kier alpha value is -0.960. The molecule has 1 aromatic rings. The van der Waals surface area contributed by atoms with Crippen molar-refractivity contribution in [3.63, 3.8) is 0 Å². The number of aliphatic imine (C=N–C) groups is 1. The molecular weight excluding hydrogens is 489 g/mol. The summed E-state index contributed by atoms with van der Waals surface area (Å²) in [5, 5.41) is 6.96. The predicted molar refractivity (Wildman–Crippen MR) is 110 cm³/mol. The molecule has 3 rings (SSSR count). The number of aromatic nitrogens is 1. The molecular formula is C15H26IN5O5S. The fourth-order valence-corrected chi connectivity index (χ4v) is 4.38. The molecule has 1 atom stereocenters. The van der Waals surface area contributed by atoms with E-state index in [0.29, 0.717) is 58.2 Å². The number of piperazine rings is 1. The van der Waals surface area contributed by atoms with Crippen LogP contribution in [-0.4, -0.2) is 94.4 Å². The van der Waals surface area contributed by atoms with Crippen molar-refractivity contribution in [2.24, 2.45) is 4.99 Å². The van der Waals surface area contributed by atoms with Crippen molar-refractivity contribution in [2.45, 2.75) is 11.9 Å². The Bertz CT molecular complexity index is 685. The molecule has 2 aliphatic heterocycles. The molecule has 27 heavy (non-hydrogen) atoms. The lowest BCUT2D eigenvalue weighted by atomic mass is 10.3. The van der Waals surface area contributed by atoms with Crippen molar-refractivity contribution in [2.75, 3.05) is 59.6 Å². The number of nitrogens with zero attached hydrogens (tertiary/aromatic N) is 4. The zero-order valence-electron chi connectivity index (χ0n) is 15.2. The van der Waals surface area contributed by atoms with Gasteiger partial charge in [0.05, 0.1) is 31.6 Å². The molecule has 12 heteroatoms. The number of guanidine groups is 1. The van der Waals surface area contributed by atoms with Crippen molar-refractivity contribution < 1.29 is 22.4 Å². The smallest absolute Gasteiger partial charge is 0.220 e. The minimum absolute atomic E-state index is 0. The van der Waals surface area contributed by atoms with Crippen LogP contribution in [0.2, 0.25) is 0 Å². The van der Waals surface area contributed by atoms with Crippen LogP contribution in [0.15, 0.2) is 21.8 Å². The van der Waals surface area contributed by atoms with Crippen molar-refractivity contribution in [1.82, 2.24) is 19.7 Å². The summed E-state index contributed by atoms with van der Waals surface area (Å²) in [4.78, 5) is 6.34. The number of hydrogen-bond donors (Lipinski definition) is 1. The van der Waals surface area contributed by atoms with E-state index in [1.54, 1.807) is 13.1 Å². The lowest BCUT2D eigenvalue weighted by Crippen LogP contribution is -2.55. The second-order valence-electron chi connectivity index (χ2n) is 6.13. The van der Waals surface area contributed by atoms with Gasteiger partial charge in [0.2, 0.25) is 10.0 Å². The standard InChI is InChI=1S/C15H25N5O5S.HI/c1-16-15(17-10-14-11-23-8-9-24-14)19-3-5-20(6-4-19)26(21,22)12-13-2-7-25-18-13;/h2,7,14H,3-6,8-12H2,1H3,(H,16,17);1H. The normalized spacial score (nSPS) is 22.3. The average molecular weight is 515 g/mol. The van der Waals surface area contributed by atoms with Crippen LogP contribution >= 0.6 is 24.0 Å². The first-order valence-electron chi connectivity index (χ1n) is 8.60. The van der Waals surface area contributed by atoms with E-state index in [0.717, 1.165) is 5.96 Å². The Balaban J connectivity index is 0.00000261. The predicted octanol–water partition coefficient (Wildman–Crippen LogP) is -0.269. The molecule has 10 nitrogen and oxygen atoms in total. The molecule has 154 valence electrons. The van der Waals surface area contributed by atoms with Crippen LogP contribution in [0.5, 0.6) is 0 Å². The maximum Gasteiger partial charge on any atom is 0.220 e. The number of hydrogen-bond acceptors (Lipinski definition) is 7. The van der Waals surface area contributed by atoms with E-state index in [1.807, 2.05) is 4.90 Å². The Morgan fingerprint density at radius 2 is 2.11 bits per heavy atom. The molecule has 0 radical (unpaired) electrons. The van der Waals surface area contributed by atoms with Crippen molar-refractivity contribution in [3.8, 4) is 0 Å². The molecule has 0 bridgehead atoms. The highest BCUT2D eigenvalue weighted by Crippen LogP contribution is 2.13. The van der Waals surface area contributed by atoms with Crippen molar-refractivity contribution in [3.05, 3.63) is 18.0 Å². The number of halogens is 1. The lowest BCUT2D eigenvalue weighted by Gasteiger charge is -2.36. The van der Waals surface area contributed by atoms with E-state index >= 15 is 0 Å². The first kappa shape index (κ1) is 22.3. The van der Waals surface area contributed by atoms with Crippen LogP contribution in [0.25, 0.3) is 0 Å². The van der Waals surface area contributed by atoms with Gasteiger partial charge in [0.1, 0.15) is 12.0 Å². The maximum atomic E-state index is 12.5. The molecule has 0 amide bonds. The largest absolute Gasteiger partial charge is 0.376 e. The van der Waals surface area contributed by atoms with E-state index in [1.165, 1.54) is 10.6 Å². The molecule has 2 aliphatic rings. The number of sulfonamides is 1. The van der Waals surface area contributed by atoms with E-state index in [4.69, 9.17) is 14.0 Å². The molecule has 3 heterocycles. The summed E-state index contributed by atoms with van der Waals surface area (Å²) in [6.45, 7) is 4.37. The third-order valence-electron chi connectivity index (χ3n) is 4.34. The Morgan fingerprint density at radius 1 is 1.33 bits per heavy atom. The summed E-state index contributed by atoms with van der Waals surface area (Å²) in [6.07, 6.45) is 1.38. The monoisotopic (exact) mass is 515 g/mol. The summed E-state index contributed by atoms with van der Waals surface area (Å²) in [5.74, 6) is 0.600. The summed E-state index contributed by atoms with van der Waals surface area (Å²) in [7, 11) is -1.69. The third-order valence-corrected chi connectivity index (χ3v) is 6.15. The van der Waals surface area contributed by atoms with Crippen molar-refractivity contribution >= 4 is 40.0 Å². The summed E-state index contributed by atoms with van der Waals surface area (Å²) < 4.78 is 42.1. The van der Waals surface area contributed by atoms with Gasteiger partial charge in [-0.05, 0) is 0 Å².